The predicted molar refractivity (Wildman–Crippen MR) is 95.1 cm³/mol. The van der Waals surface area contributed by atoms with Crippen molar-refractivity contribution in [2.45, 2.75) is 29.6 Å². The number of ether oxygens (including phenoxy) is 1. The molecule has 0 fully saturated rings. The van der Waals surface area contributed by atoms with E-state index in [0.29, 0.717) is 5.69 Å². The van der Waals surface area contributed by atoms with Gasteiger partial charge < -0.3 is 14.2 Å². The largest absolute Gasteiger partial charge is 0.508 e. The number of aromatic hydroxyl groups is 1. The molecule has 4 nitrogen and oxygen atoms in total. The van der Waals surface area contributed by atoms with Gasteiger partial charge in [0.1, 0.15) is 11.4 Å². The molecule has 5 heteroatoms. The lowest BCUT2D eigenvalue weighted by Crippen LogP contribution is -2.09. The fourth-order valence-corrected chi connectivity index (χ4v) is 4.00. The summed E-state index contributed by atoms with van der Waals surface area (Å²) in [5, 5.41) is 9.47. The minimum Gasteiger partial charge on any atom is -0.508 e. The van der Waals surface area contributed by atoms with Gasteiger partial charge in [0.05, 0.1) is 12.6 Å². The SMILES string of the molecule is COC(=O)c1c(C(C)C)c(Sc2ccc(O)cc2)c2ccccn12. The molecule has 0 amide bonds. The Bertz CT molecular complexity index is 882. The Balaban J connectivity index is 2.23. The molecule has 24 heavy (non-hydrogen) atoms. The maximum absolute atomic E-state index is 12.4. The van der Waals surface area contributed by atoms with Crippen LogP contribution >= 0.6 is 11.8 Å². The lowest BCUT2D eigenvalue weighted by molar-refractivity contribution is 0.0591. The van der Waals surface area contributed by atoms with Gasteiger partial charge in [-0.2, -0.15) is 0 Å². The highest BCUT2D eigenvalue weighted by atomic mass is 32.2. The van der Waals surface area contributed by atoms with Crippen LogP contribution in [-0.4, -0.2) is 22.6 Å². The van der Waals surface area contributed by atoms with Crippen molar-refractivity contribution in [1.82, 2.24) is 4.40 Å². The average molecular weight is 341 g/mol. The van der Waals surface area contributed by atoms with Crippen molar-refractivity contribution in [3.05, 3.63) is 59.9 Å². The van der Waals surface area contributed by atoms with Crippen LogP contribution < -0.4 is 0 Å². The van der Waals surface area contributed by atoms with Gasteiger partial charge in [-0.25, -0.2) is 4.79 Å². The van der Waals surface area contributed by atoms with Crippen LogP contribution in [0, 0.1) is 0 Å². The van der Waals surface area contributed by atoms with Crippen LogP contribution in [0.1, 0.15) is 35.8 Å². The predicted octanol–water partition coefficient (Wildman–Crippen LogP) is 4.71. The molecule has 0 spiro atoms. The van der Waals surface area contributed by atoms with Crippen LogP contribution in [0.25, 0.3) is 5.52 Å². The third kappa shape index (κ3) is 2.87. The maximum atomic E-state index is 12.4. The topological polar surface area (TPSA) is 50.9 Å². The molecular weight excluding hydrogens is 322 g/mol. The van der Waals surface area contributed by atoms with Gasteiger partial charge in [0.25, 0.3) is 0 Å². The molecule has 0 radical (unpaired) electrons. The molecule has 0 aliphatic heterocycles. The number of esters is 1. The summed E-state index contributed by atoms with van der Waals surface area (Å²) in [6.07, 6.45) is 1.88. The van der Waals surface area contributed by atoms with Crippen LogP contribution in [0.5, 0.6) is 5.75 Å². The molecular formula is C19H19NO3S. The van der Waals surface area contributed by atoms with Gasteiger partial charge in [-0.1, -0.05) is 31.7 Å². The van der Waals surface area contributed by atoms with Gasteiger partial charge in [-0.05, 0) is 42.3 Å². The Morgan fingerprint density at radius 2 is 1.88 bits per heavy atom. The van der Waals surface area contributed by atoms with E-state index in [0.717, 1.165) is 20.9 Å². The smallest absolute Gasteiger partial charge is 0.355 e. The molecule has 0 saturated heterocycles. The molecule has 0 unspecified atom stereocenters. The van der Waals surface area contributed by atoms with Gasteiger partial charge in [-0.15, -0.1) is 0 Å². The fourth-order valence-electron chi connectivity index (χ4n) is 2.78. The molecule has 1 N–H and O–H groups in total. The highest BCUT2D eigenvalue weighted by molar-refractivity contribution is 7.99. The number of fused-ring (bicyclic) bond motifs is 1. The number of pyridine rings is 1. The van der Waals surface area contributed by atoms with E-state index in [1.54, 1.807) is 23.9 Å². The molecule has 3 aromatic rings. The lowest BCUT2D eigenvalue weighted by Gasteiger charge is -2.10. The van der Waals surface area contributed by atoms with E-state index in [1.165, 1.54) is 7.11 Å². The molecule has 0 atom stereocenters. The fraction of sp³-hybridized carbons (Fsp3) is 0.211. The number of benzene rings is 1. The van der Waals surface area contributed by atoms with Gasteiger partial charge in [0.15, 0.2) is 0 Å². The third-order valence-corrected chi connectivity index (χ3v) is 4.99. The van der Waals surface area contributed by atoms with Gasteiger partial charge >= 0.3 is 5.97 Å². The summed E-state index contributed by atoms with van der Waals surface area (Å²) in [7, 11) is 1.40. The zero-order chi connectivity index (χ0) is 17.3. The van der Waals surface area contributed by atoms with E-state index in [4.69, 9.17) is 4.74 Å². The number of hydrogen-bond acceptors (Lipinski definition) is 4. The summed E-state index contributed by atoms with van der Waals surface area (Å²) in [4.78, 5) is 14.4. The van der Waals surface area contributed by atoms with Crippen LogP contribution in [0.2, 0.25) is 0 Å². The molecule has 0 aliphatic carbocycles. The summed E-state index contributed by atoms with van der Waals surface area (Å²) in [6, 6.07) is 12.9. The minimum atomic E-state index is -0.336. The number of carbonyl (C=O) groups is 1. The van der Waals surface area contributed by atoms with Crippen LogP contribution in [-0.2, 0) is 4.74 Å². The van der Waals surface area contributed by atoms with E-state index in [2.05, 4.69) is 13.8 Å². The zero-order valence-electron chi connectivity index (χ0n) is 13.8. The average Bonchev–Trinajstić information content (AvgIpc) is 2.91. The number of methoxy groups -OCH3 is 1. The summed E-state index contributed by atoms with van der Waals surface area (Å²) < 4.78 is 6.91. The monoisotopic (exact) mass is 341 g/mol. The van der Waals surface area contributed by atoms with Crippen molar-refractivity contribution in [3.63, 3.8) is 0 Å². The van der Waals surface area contributed by atoms with Crippen molar-refractivity contribution in [1.29, 1.82) is 0 Å². The molecule has 0 bridgehead atoms. The van der Waals surface area contributed by atoms with Crippen molar-refractivity contribution < 1.29 is 14.6 Å². The summed E-state index contributed by atoms with van der Waals surface area (Å²) >= 11 is 1.59. The molecule has 0 saturated carbocycles. The van der Waals surface area contributed by atoms with E-state index < -0.39 is 0 Å². The van der Waals surface area contributed by atoms with Gasteiger partial charge in [0.2, 0.25) is 0 Å². The number of hydrogen-bond donors (Lipinski definition) is 1. The van der Waals surface area contributed by atoms with Crippen molar-refractivity contribution in [3.8, 4) is 5.75 Å². The quantitative estimate of drug-likeness (QED) is 0.699. The third-order valence-electron chi connectivity index (χ3n) is 3.85. The van der Waals surface area contributed by atoms with Crippen LogP contribution in [0.15, 0.2) is 58.5 Å². The molecule has 2 heterocycles. The zero-order valence-corrected chi connectivity index (χ0v) is 14.6. The first-order valence-corrected chi connectivity index (χ1v) is 8.52. The molecule has 1 aromatic carbocycles. The highest BCUT2D eigenvalue weighted by Crippen LogP contribution is 2.41. The summed E-state index contributed by atoms with van der Waals surface area (Å²) in [6.45, 7) is 4.14. The Morgan fingerprint density at radius 3 is 2.50 bits per heavy atom. The first-order chi connectivity index (χ1) is 11.5. The first-order valence-electron chi connectivity index (χ1n) is 7.71. The first kappa shape index (κ1) is 16.5. The standard InChI is InChI=1S/C19H19NO3S/c1-12(2)16-17(19(22)23-3)20-11-5-4-6-15(20)18(16)24-14-9-7-13(21)8-10-14/h4-12,21H,1-3H3. The normalized spacial score (nSPS) is 11.2. The second-order valence-corrected chi connectivity index (χ2v) is 6.87. The molecule has 3 rings (SSSR count). The van der Waals surface area contributed by atoms with Crippen LogP contribution in [0.4, 0.5) is 0 Å². The number of aromatic nitrogens is 1. The minimum absolute atomic E-state index is 0.165. The number of phenolic OH excluding ortho intramolecular Hbond substituents is 1. The number of carbonyl (C=O) groups excluding carboxylic acids is 1. The number of rotatable bonds is 4. The van der Waals surface area contributed by atoms with Crippen molar-refractivity contribution in [2.24, 2.45) is 0 Å². The molecule has 2 aromatic heterocycles. The lowest BCUT2D eigenvalue weighted by atomic mass is 10.0. The maximum Gasteiger partial charge on any atom is 0.355 e. The summed E-state index contributed by atoms with van der Waals surface area (Å²) in [5.74, 6) is 0.0662. The van der Waals surface area contributed by atoms with Gasteiger partial charge in [0, 0.05) is 21.6 Å². The second-order valence-electron chi connectivity index (χ2n) is 5.79. The summed E-state index contributed by atoms with van der Waals surface area (Å²) in [5.41, 5.74) is 2.52. The van der Waals surface area contributed by atoms with E-state index in [-0.39, 0.29) is 17.6 Å². The molecule has 124 valence electrons. The Kier molecular flexibility index (Phi) is 4.53. The Hall–Kier alpha value is -2.40. The Labute approximate surface area is 145 Å². The Morgan fingerprint density at radius 1 is 1.17 bits per heavy atom. The van der Waals surface area contributed by atoms with Gasteiger partial charge in [-0.3, -0.25) is 0 Å². The highest BCUT2D eigenvalue weighted by Gasteiger charge is 2.26. The number of phenols is 1. The van der Waals surface area contributed by atoms with E-state index in [1.807, 2.05) is 40.9 Å². The van der Waals surface area contributed by atoms with Crippen molar-refractivity contribution >= 4 is 23.2 Å². The van der Waals surface area contributed by atoms with E-state index >= 15 is 0 Å². The second kappa shape index (κ2) is 6.61. The van der Waals surface area contributed by atoms with Crippen LogP contribution in [0.3, 0.4) is 0 Å². The van der Waals surface area contributed by atoms with Crippen molar-refractivity contribution in [2.75, 3.05) is 7.11 Å². The number of nitrogens with zero attached hydrogens (tertiary/aromatic N) is 1. The van der Waals surface area contributed by atoms with E-state index in [9.17, 15) is 9.90 Å². The molecule has 0 aliphatic rings.